The minimum Gasteiger partial charge on any atom is -0.358 e. The summed E-state index contributed by atoms with van der Waals surface area (Å²) in [7, 11) is 3.47. The Kier molecular flexibility index (Phi) is 8.71. The Bertz CT molecular complexity index is 599. The van der Waals surface area contributed by atoms with Crippen molar-refractivity contribution >= 4 is 23.5 Å². The first-order chi connectivity index (χ1) is 12.6. The van der Waals surface area contributed by atoms with Crippen LogP contribution in [0.1, 0.15) is 24.8 Å². The summed E-state index contributed by atoms with van der Waals surface area (Å²) in [6.07, 6.45) is 3.96. The number of hydrogen-bond donors (Lipinski definition) is 3. The minimum atomic E-state index is 0.0763. The zero-order chi connectivity index (χ0) is 18.8. The van der Waals surface area contributed by atoms with Gasteiger partial charge >= 0.3 is 0 Å². The molecular formula is C19H30ClN5O. The molecule has 26 heavy (non-hydrogen) atoms. The number of carbonyl (C=O) groups is 1. The van der Waals surface area contributed by atoms with E-state index in [9.17, 15) is 4.79 Å². The van der Waals surface area contributed by atoms with E-state index < -0.39 is 0 Å². The molecule has 0 atom stereocenters. The molecule has 1 aromatic carbocycles. The van der Waals surface area contributed by atoms with Crippen LogP contribution in [0.5, 0.6) is 0 Å². The van der Waals surface area contributed by atoms with E-state index in [0.29, 0.717) is 12.6 Å². The van der Waals surface area contributed by atoms with Crippen molar-refractivity contribution in [3.05, 3.63) is 34.9 Å². The molecule has 0 bridgehead atoms. The second kappa shape index (κ2) is 11.0. The summed E-state index contributed by atoms with van der Waals surface area (Å²) in [6, 6.07) is 8.37. The van der Waals surface area contributed by atoms with Gasteiger partial charge in [0.05, 0.1) is 6.54 Å². The highest BCUT2D eigenvalue weighted by Gasteiger charge is 2.21. The van der Waals surface area contributed by atoms with Crippen LogP contribution in [-0.2, 0) is 11.2 Å². The molecule has 1 aromatic rings. The lowest BCUT2D eigenvalue weighted by Gasteiger charge is -2.32. The van der Waals surface area contributed by atoms with Gasteiger partial charge in [-0.05, 0) is 37.3 Å². The summed E-state index contributed by atoms with van der Waals surface area (Å²) in [5.41, 5.74) is 1.18. The number of rotatable bonds is 7. The molecule has 144 valence electrons. The fraction of sp³-hybridized carbons (Fsp3) is 0.579. The quantitative estimate of drug-likeness (QED) is 0.383. The molecule has 1 amide bonds. The van der Waals surface area contributed by atoms with Crippen molar-refractivity contribution in [2.75, 3.05) is 40.3 Å². The number of likely N-dealkylation sites (N-methyl/N-ethyl adjacent to an activating group) is 1. The van der Waals surface area contributed by atoms with Crippen LogP contribution in [-0.4, -0.2) is 63.1 Å². The van der Waals surface area contributed by atoms with Gasteiger partial charge in [-0.3, -0.25) is 14.7 Å². The van der Waals surface area contributed by atoms with E-state index in [4.69, 9.17) is 11.6 Å². The number of nitrogens with one attached hydrogen (secondary N) is 3. The van der Waals surface area contributed by atoms with Gasteiger partial charge in [-0.25, -0.2) is 0 Å². The zero-order valence-electron chi connectivity index (χ0n) is 15.7. The molecular weight excluding hydrogens is 350 g/mol. The first-order valence-electron chi connectivity index (χ1n) is 9.26. The summed E-state index contributed by atoms with van der Waals surface area (Å²) >= 11 is 6.19. The van der Waals surface area contributed by atoms with Gasteiger partial charge in [0.2, 0.25) is 5.91 Å². The van der Waals surface area contributed by atoms with Crippen molar-refractivity contribution in [2.45, 2.75) is 31.7 Å². The van der Waals surface area contributed by atoms with Crippen LogP contribution in [0.4, 0.5) is 0 Å². The smallest absolute Gasteiger partial charge is 0.233 e. The Balaban J connectivity index is 1.65. The fourth-order valence-electron chi connectivity index (χ4n) is 3.09. The normalized spacial score (nSPS) is 16.3. The van der Waals surface area contributed by atoms with E-state index in [2.05, 4.69) is 31.9 Å². The molecule has 1 heterocycles. The van der Waals surface area contributed by atoms with Crippen molar-refractivity contribution in [2.24, 2.45) is 4.99 Å². The number of benzene rings is 1. The molecule has 6 nitrogen and oxygen atoms in total. The lowest BCUT2D eigenvalue weighted by atomic mass is 10.1. The van der Waals surface area contributed by atoms with Gasteiger partial charge in [0.25, 0.3) is 0 Å². The van der Waals surface area contributed by atoms with Gasteiger partial charge in [-0.15, -0.1) is 0 Å². The highest BCUT2D eigenvalue weighted by atomic mass is 35.5. The molecule has 0 radical (unpaired) electrons. The second-order valence-corrected chi connectivity index (χ2v) is 6.97. The van der Waals surface area contributed by atoms with Gasteiger partial charge in [0.1, 0.15) is 0 Å². The van der Waals surface area contributed by atoms with Gasteiger partial charge in [0.15, 0.2) is 5.96 Å². The first kappa shape index (κ1) is 20.5. The van der Waals surface area contributed by atoms with E-state index >= 15 is 0 Å². The summed E-state index contributed by atoms with van der Waals surface area (Å²) in [5.74, 6) is 0.918. The number of nitrogens with zero attached hydrogens (tertiary/aromatic N) is 2. The predicted octanol–water partition coefficient (Wildman–Crippen LogP) is 1.65. The SMILES string of the molecule is CN=C(NCCCc1ccccc1Cl)NC1CCN(CC(=O)NC)CC1. The third kappa shape index (κ3) is 6.84. The fourth-order valence-corrected chi connectivity index (χ4v) is 3.32. The highest BCUT2D eigenvalue weighted by molar-refractivity contribution is 6.31. The van der Waals surface area contributed by atoms with Crippen LogP contribution < -0.4 is 16.0 Å². The molecule has 0 saturated carbocycles. The van der Waals surface area contributed by atoms with E-state index in [1.165, 1.54) is 5.56 Å². The van der Waals surface area contributed by atoms with Crippen LogP contribution in [0, 0.1) is 0 Å². The molecule has 0 unspecified atom stereocenters. The molecule has 3 N–H and O–H groups in total. The molecule has 0 spiro atoms. The average molecular weight is 380 g/mol. The number of guanidine groups is 1. The molecule has 1 aliphatic rings. The highest BCUT2D eigenvalue weighted by Crippen LogP contribution is 2.16. The number of carbonyl (C=O) groups excluding carboxylic acids is 1. The summed E-state index contributed by atoms with van der Waals surface area (Å²) in [5, 5.41) is 10.4. The Morgan fingerprint density at radius 2 is 2.04 bits per heavy atom. The zero-order valence-corrected chi connectivity index (χ0v) is 16.5. The van der Waals surface area contributed by atoms with Crippen LogP contribution in [0.2, 0.25) is 5.02 Å². The van der Waals surface area contributed by atoms with Crippen LogP contribution in [0.25, 0.3) is 0 Å². The summed E-state index contributed by atoms with van der Waals surface area (Å²) in [4.78, 5) is 18.0. The van der Waals surface area contributed by atoms with Crippen molar-refractivity contribution in [3.63, 3.8) is 0 Å². The van der Waals surface area contributed by atoms with Gasteiger partial charge in [-0.1, -0.05) is 29.8 Å². The number of aryl methyl sites for hydroxylation is 1. The molecule has 7 heteroatoms. The third-order valence-corrected chi connectivity index (χ3v) is 5.04. The van der Waals surface area contributed by atoms with Crippen LogP contribution in [0.15, 0.2) is 29.3 Å². The standard InChI is InChI=1S/C19H30ClN5O/c1-21-18(26)14-25-12-9-16(10-13-25)24-19(22-2)23-11-5-7-15-6-3-4-8-17(15)20/h3-4,6,8,16H,5,7,9-14H2,1-2H3,(H,21,26)(H2,22,23,24). The van der Waals surface area contributed by atoms with Crippen molar-refractivity contribution in [1.82, 2.24) is 20.9 Å². The first-order valence-corrected chi connectivity index (χ1v) is 9.63. The maximum atomic E-state index is 11.5. The molecule has 0 aromatic heterocycles. The molecule has 1 fully saturated rings. The maximum absolute atomic E-state index is 11.5. The molecule has 2 rings (SSSR count). The number of piperidine rings is 1. The summed E-state index contributed by atoms with van der Waals surface area (Å²) in [6.45, 7) is 3.18. The lowest BCUT2D eigenvalue weighted by Crippen LogP contribution is -2.50. The lowest BCUT2D eigenvalue weighted by molar-refractivity contribution is -0.122. The van der Waals surface area contributed by atoms with E-state index in [0.717, 1.165) is 56.3 Å². The topological polar surface area (TPSA) is 68.8 Å². The van der Waals surface area contributed by atoms with E-state index in [-0.39, 0.29) is 5.91 Å². The third-order valence-electron chi connectivity index (χ3n) is 4.67. The van der Waals surface area contributed by atoms with Crippen LogP contribution >= 0.6 is 11.6 Å². The molecule has 1 saturated heterocycles. The Labute approximate surface area is 161 Å². The number of amides is 1. The molecule has 1 aliphatic heterocycles. The Morgan fingerprint density at radius 1 is 1.31 bits per heavy atom. The van der Waals surface area contributed by atoms with Gasteiger partial charge in [0, 0.05) is 44.8 Å². The predicted molar refractivity (Wildman–Crippen MR) is 108 cm³/mol. The largest absolute Gasteiger partial charge is 0.358 e. The average Bonchev–Trinajstić information content (AvgIpc) is 2.66. The molecule has 0 aliphatic carbocycles. The second-order valence-electron chi connectivity index (χ2n) is 6.56. The van der Waals surface area contributed by atoms with Crippen LogP contribution in [0.3, 0.4) is 0 Å². The number of aliphatic imine (C=N–C) groups is 1. The summed E-state index contributed by atoms with van der Waals surface area (Å²) < 4.78 is 0. The Hall–Kier alpha value is -1.79. The number of hydrogen-bond acceptors (Lipinski definition) is 3. The van der Waals surface area contributed by atoms with Crippen molar-refractivity contribution in [3.8, 4) is 0 Å². The van der Waals surface area contributed by atoms with Crippen molar-refractivity contribution in [1.29, 1.82) is 0 Å². The number of halogens is 1. The Morgan fingerprint density at radius 3 is 2.69 bits per heavy atom. The monoisotopic (exact) mass is 379 g/mol. The van der Waals surface area contributed by atoms with E-state index in [1.54, 1.807) is 14.1 Å². The van der Waals surface area contributed by atoms with Gasteiger partial charge in [-0.2, -0.15) is 0 Å². The van der Waals surface area contributed by atoms with Crippen molar-refractivity contribution < 1.29 is 4.79 Å². The van der Waals surface area contributed by atoms with Gasteiger partial charge < -0.3 is 16.0 Å². The van der Waals surface area contributed by atoms with E-state index in [1.807, 2.05) is 18.2 Å². The minimum absolute atomic E-state index is 0.0763. The maximum Gasteiger partial charge on any atom is 0.233 e. The number of likely N-dealkylation sites (tertiary alicyclic amines) is 1.